The van der Waals surface area contributed by atoms with Crippen molar-refractivity contribution in [2.75, 3.05) is 7.11 Å². The molecule has 0 radical (unpaired) electrons. The van der Waals surface area contributed by atoms with Crippen LogP contribution in [-0.2, 0) is 14.3 Å². The van der Waals surface area contributed by atoms with Gasteiger partial charge in [-0.25, -0.2) is 4.79 Å². The highest BCUT2D eigenvalue weighted by Crippen LogP contribution is 2.14. The summed E-state index contributed by atoms with van der Waals surface area (Å²) in [6.45, 7) is 2.12. The number of unbranched alkanes of at least 4 members (excludes halogenated alkanes) is 4. The van der Waals surface area contributed by atoms with Crippen LogP contribution in [0.4, 0.5) is 0 Å². The molecular weight excluding hydrogens is 376 g/mol. The van der Waals surface area contributed by atoms with Gasteiger partial charge in [0, 0.05) is 6.42 Å². The maximum absolute atomic E-state index is 12.4. The molecule has 0 saturated carbocycles. The molecule has 4 nitrogen and oxygen atoms in total. The van der Waals surface area contributed by atoms with Crippen LogP contribution in [0.5, 0.6) is 0 Å². The highest BCUT2D eigenvalue weighted by Gasteiger charge is 2.13. The summed E-state index contributed by atoms with van der Waals surface area (Å²) >= 11 is 0. The lowest BCUT2D eigenvalue weighted by Crippen LogP contribution is -2.16. The van der Waals surface area contributed by atoms with Crippen molar-refractivity contribution in [1.82, 2.24) is 0 Å². The van der Waals surface area contributed by atoms with Gasteiger partial charge in [-0.3, -0.25) is 4.79 Å². The van der Waals surface area contributed by atoms with E-state index in [1.54, 1.807) is 12.1 Å². The number of rotatable bonds is 15. The number of esters is 2. The van der Waals surface area contributed by atoms with Gasteiger partial charge in [-0.2, -0.15) is 0 Å². The molecule has 1 aromatic carbocycles. The third-order valence-electron chi connectivity index (χ3n) is 4.61. The van der Waals surface area contributed by atoms with Crippen LogP contribution in [0.15, 0.2) is 66.8 Å². The fourth-order valence-corrected chi connectivity index (χ4v) is 2.91. The first-order chi connectivity index (χ1) is 14.7. The zero-order valence-corrected chi connectivity index (χ0v) is 18.4. The van der Waals surface area contributed by atoms with Gasteiger partial charge in [-0.15, -0.1) is 0 Å². The molecular formula is C26H36O4. The average Bonchev–Trinajstić information content (AvgIpc) is 2.77. The van der Waals surface area contributed by atoms with Crippen LogP contribution in [0, 0.1) is 0 Å². The minimum atomic E-state index is -0.293. The van der Waals surface area contributed by atoms with Crippen molar-refractivity contribution in [3.8, 4) is 0 Å². The molecule has 0 heterocycles. The zero-order chi connectivity index (χ0) is 21.9. The van der Waals surface area contributed by atoms with Crippen LogP contribution in [0.25, 0.3) is 0 Å². The number of benzene rings is 1. The molecule has 0 saturated heterocycles. The third kappa shape index (κ3) is 12.8. The van der Waals surface area contributed by atoms with Crippen molar-refractivity contribution in [2.45, 2.75) is 70.8 Å². The van der Waals surface area contributed by atoms with Crippen molar-refractivity contribution >= 4 is 11.9 Å². The van der Waals surface area contributed by atoms with Crippen LogP contribution in [0.1, 0.15) is 75.1 Å². The quantitative estimate of drug-likeness (QED) is 0.141. The van der Waals surface area contributed by atoms with Crippen molar-refractivity contribution in [2.24, 2.45) is 0 Å². The number of hydrogen-bond acceptors (Lipinski definition) is 4. The van der Waals surface area contributed by atoms with Crippen LogP contribution in [-0.4, -0.2) is 25.2 Å². The second-order valence-electron chi connectivity index (χ2n) is 7.12. The predicted octanol–water partition coefficient (Wildman–Crippen LogP) is 6.58. The van der Waals surface area contributed by atoms with E-state index in [0.717, 1.165) is 51.4 Å². The van der Waals surface area contributed by atoms with Crippen LogP contribution in [0.2, 0.25) is 0 Å². The largest absolute Gasteiger partial charge is 0.469 e. The Hall–Kier alpha value is -2.62. The molecule has 164 valence electrons. The Labute approximate surface area is 181 Å². The Kier molecular flexibility index (Phi) is 14.6. The maximum atomic E-state index is 12.4. The zero-order valence-electron chi connectivity index (χ0n) is 18.4. The highest BCUT2D eigenvalue weighted by molar-refractivity contribution is 5.89. The van der Waals surface area contributed by atoms with Gasteiger partial charge in [-0.05, 0) is 50.3 Å². The predicted molar refractivity (Wildman–Crippen MR) is 122 cm³/mol. The Morgan fingerprint density at radius 1 is 0.933 bits per heavy atom. The standard InChI is InChI=1S/C26H36O4/c1-3-4-5-6-7-9-15-20-24(30-26(28)23-18-13-12-14-19-23)21-16-10-8-11-17-22-25(27)29-2/h4-5,7,9,12-15,18-20,24H,3,6,8,10-11,16-17,21-22H2,1-2H3/b5-4-,9-7-,20-15+. The summed E-state index contributed by atoms with van der Waals surface area (Å²) in [5.74, 6) is -0.440. The minimum absolute atomic E-state index is 0.147. The van der Waals surface area contributed by atoms with E-state index < -0.39 is 0 Å². The van der Waals surface area contributed by atoms with Gasteiger partial charge >= 0.3 is 11.9 Å². The molecule has 0 aliphatic rings. The van der Waals surface area contributed by atoms with Gasteiger partial charge in [0.15, 0.2) is 0 Å². The van der Waals surface area contributed by atoms with Gasteiger partial charge in [0.1, 0.15) is 6.10 Å². The number of carbonyl (C=O) groups is 2. The van der Waals surface area contributed by atoms with Crippen molar-refractivity contribution < 1.29 is 19.1 Å². The van der Waals surface area contributed by atoms with Gasteiger partial charge in [0.25, 0.3) is 0 Å². The van der Waals surface area contributed by atoms with Crippen molar-refractivity contribution in [3.05, 3.63) is 72.4 Å². The molecule has 30 heavy (non-hydrogen) atoms. The molecule has 4 heteroatoms. The molecule has 0 amide bonds. The Morgan fingerprint density at radius 2 is 1.67 bits per heavy atom. The lowest BCUT2D eigenvalue weighted by molar-refractivity contribution is -0.140. The van der Waals surface area contributed by atoms with E-state index in [-0.39, 0.29) is 18.0 Å². The summed E-state index contributed by atoms with van der Waals surface area (Å²) in [5.41, 5.74) is 0.568. The Morgan fingerprint density at radius 3 is 2.40 bits per heavy atom. The summed E-state index contributed by atoms with van der Waals surface area (Å²) in [6, 6.07) is 9.09. The van der Waals surface area contributed by atoms with Gasteiger partial charge in [0.05, 0.1) is 12.7 Å². The van der Waals surface area contributed by atoms with E-state index in [1.165, 1.54) is 7.11 Å². The van der Waals surface area contributed by atoms with E-state index in [4.69, 9.17) is 4.74 Å². The number of ether oxygens (including phenoxy) is 2. The molecule has 1 unspecified atom stereocenters. The summed E-state index contributed by atoms with van der Waals surface area (Å²) in [7, 11) is 1.42. The first-order valence-corrected chi connectivity index (χ1v) is 11.0. The van der Waals surface area contributed by atoms with Crippen molar-refractivity contribution in [1.29, 1.82) is 0 Å². The van der Waals surface area contributed by atoms with E-state index in [9.17, 15) is 9.59 Å². The molecule has 0 aromatic heterocycles. The highest BCUT2D eigenvalue weighted by atomic mass is 16.5. The summed E-state index contributed by atoms with van der Waals surface area (Å²) in [5, 5.41) is 0. The van der Waals surface area contributed by atoms with Gasteiger partial charge in [-0.1, -0.05) is 74.8 Å². The summed E-state index contributed by atoms with van der Waals surface area (Å²) in [4.78, 5) is 23.5. The minimum Gasteiger partial charge on any atom is -0.469 e. The number of hydrogen-bond donors (Lipinski definition) is 0. The molecule has 0 spiro atoms. The fraction of sp³-hybridized carbons (Fsp3) is 0.462. The third-order valence-corrected chi connectivity index (χ3v) is 4.61. The lowest BCUT2D eigenvalue weighted by Gasteiger charge is -2.14. The van der Waals surface area contributed by atoms with Crippen LogP contribution < -0.4 is 0 Å². The lowest BCUT2D eigenvalue weighted by atomic mass is 10.1. The first-order valence-electron chi connectivity index (χ1n) is 11.0. The fourth-order valence-electron chi connectivity index (χ4n) is 2.91. The van der Waals surface area contributed by atoms with Gasteiger partial charge < -0.3 is 9.47 Å². The molecule has 1 rings (SSSR count). The SMILES string of the molecule is CC/C=C\C/C=C\C=C\C(CCCCCCCC(=O)OC)OC(=O)c1ccccc1. The number of methoxy groups -OCH3 is 1. The topological polar surface area (TPSA) is 52.6 Å². The van der Waals surface area contributed by atoms with Gasteiger partial charge in [0.2, 0.25) is 0 Å². The Balaban J connectivity index is 2.46. The average molecular weight is 413 g/mol. The molecule has 1 atom stereocenters. The summed E-state index contributed by atoms with van der Waals surface area (Å²) < 4.78 is 10.4. The monoisotopic (exact) mass is 412 g/mol. The molecule has 1 aromatic rings. The molecule has 0 fully saturated rings. The van der Waals surface area contributed by atoms with Crippen LogP contribution in [0.3, 0.4) is 0 Å². The van der Waals surface area contributed by atoms with E-state index in [2.05, 4.69) is 29.9 Å². The second-order valence-corrected chi connectivity index (χ2v) is 7.12. The molecule has 0 bridgehead atoms. The van der Waals surface area contributed by atoms with Crippen LogP contribution >= 0.6 is 0 Å². The van der Waals surface area contributed by atoms with E-state index in [0.29, 0.717) is 12.0 Å². The first kappa shape index (κ1) is 25.4. The maximum Gasteiger partial charge on any atom is 0.338 e. The smallest absolute Gasteiger partial charge is 0.338 e. The molecule has 0 N–H and O–H groups in total. The molecule has 0 aliphatic carbocycles. The number of allylic oxidation sites excluding steroid dienone is 5. The number of carbonyl (C=O) groups excluding carboxylic acids is 2. The van der Waals surface area contributed by atoms with E-state index >= 15 is 0 Å². The van der Waals surface area contributed by atoms with Crippen molar-refractivity contribution in [3.63, 3.8) is 0 Å². The van der Waals surface area contributed by atoms with E-state index in [1.807, 2.05) is 36.4 Å². The summed E-state index contributed by atoms with van der Waals surface area (Å²) in [6.07, 6.45) is 20.2. The molecule has 0 aliphatic heterocycles. The Bertz CT molecular complexity index is 674. The second kappa shape index (κ2) is 17.3. The normalized spacial score (nSPS) is 12.6.